The lowest BCUT2D eigenvalue weighted by atomic mass is 9.98. The van der Waals surface area contributed by atoms with Gasteiger partial charge in [-0.2, -0.15) is 0 Å². The predicted octanol–water partition coefficient (Wildman–Crippen LogP) is 7.21. The van der Waals surface area contributed by atoms with Crippen LogP contribution in [0.2, 0.25) is 5.02 Å². The van der Waals surface area contributed by atoms with Crippen molar-refractivity contribution in [2.24, 2.45) is 13.0 Å². The summed E-state index contributed by atoms with van der Waals surface area (Å²) in [6.07, 6.45) is 5.94. The molecular weight excluding hydrogens is 608 g/mol. The average molecular weight is 649 g/mol. The van der Waals surface area contributed by atoms with Crippen molar-refractivity contribution in [3.05, 3.63) is 94.3 Å². The minimum Gasteiger partial charge on any atom is -0.338 e. The third-order valence-electron chi connectivity index (χ3n) is 9.68. The Morgan fingerprint density at radius 3 is 2.64 bits per heavy atom. The van der Waals surface area contributed by atoms with E-state index >= 15 is 0 Å². The van der Waals surface area contributed by atoms with Crippen LogP contribution in [0.15, 0.2) is 60.9 Å². The van der Waals surface area contributed by atoms with Gasteiger partial charge in [-0.15, -0.1) is 0 Å². The maximum absolute atomic E-state index is 13.5. The van der Waals surface area contributed by atoms with Crippen LogP contribution in [0.1, 0.15) is 53.4 Å². The Hall–Kier alpha value is -4.31. The van der Waals surface area contributed by atoms with E-state index in [0.717, 1.165) is 96.3 Å². The molecule has 0 bridgehead atoms. The Balaban J connectivity index is 1.12. The van der Waals surface area contributed by atoms with Crippen LogP contribution in [-0.2, 0) is 26.6 Å². The molecule has 1 unspecified atom stereocenters. The molecule has 2 aromatic carbocycles. The van der Waals surface area contributed by atoms with Crippen molar-refractivity contribution in [1.82, 2.24) is 29.3 Å². The molecule has 5 heterocycles. The quantitative estimate of drug-likeness (QED) is 0.184. The highest BCUT2D eigenvalue weighted by Gasteiger charge is 2.25. The number of benzene rings is 2. The Morgan fingerprint density at radius 1 is 1.04 bits per heavy atom. The van der Waals surface area contributed by atoms with Gasteiger partial charge >= 0.3 is 0 Å². The minimum atomic E-state index is -0.274. The summed E-state index contributed by atoms with van der Waals surface area (Å²) in [5.41, 5.74) is 8.38. The molecule has 2 N–H and O–H groups in total. The molecule has 1 saturated heterocycles. The fourth-order valence-corrected chi connectivity index (χ4v) is 7.25. The summed E-state index contributed by atoms with van der Waals surface area (Å²) in [6, 6.07) is 16.0. The molecule has 0 aliphatic carbocycles. The Kier molecular flexibility index (Phi) is 8.70. The minimum absolute atomic E-state index is 0.274. The van der Waals surface area contributed by atoms with Crippen LogP contribution in [0.4, 0.5) is 17.2 Å². The van der Waals surface area contributed by atoms with Gasteiger partial charge in [-0.05, 0) is 73.3 Å². The summed E-state index contributed by atoms with van der Waals surface area (Å²) in [5.74, 6) is 1.58. The molecule has 1 fully saturated rings. The third-order valence-corrected chi connectivity index (χ3v) is 10.1. The number of likely N-dealkylation sites (N-methyl/N-ethyl adjacent to an activating group) is 1. The molecule has 10 heteroatoms. The Bertz CT molecular complexity index is 1970. The molecule has 0 radical (unpaired) electrons. The third kappa shape index (κ3) is 6.23. The van der Waals surface area contributed by atoms with Gasteiger partial charge in [0.25, 0.3) is 5.91 Å². The van der Waals surface area contributed by atoms with Crippen molar-refractivity contribution in [3.8, 4) is 11.1 Å². The van der Waals surface area contributed by atoms with Crippen molar-refractivity contribution in [2.45, 2.75) is 46.7 Å². The standard InChI is InChI=1S/C37H41ClN8O/c1-5-45-17-14-32-31(22-45)42-36(44(32)4)37(47)43-30-11-7-9-28(33(30)38)27-8-6-10-29(24(27)3)41-35-34-26(12-15-39-35)18-25(19-40-34)21-46-16-13-23(2)20-46/h6-12,15,18-19,23H,5,13-14,16-17,20-22H2,1-4H3,(H,39,41)(H,43,47). The average Bonchev–Trinajstić information content (AvgIpc) is 3.64. The summed E-state index contributed by atoms with van der Waals surface area (Å²) < 4.78 is 1.92. The highest BCUT2D eigenvalue weighted by Crippen LogP contribution is 2.38. The zero-order chi connectivity index (χ0) is 32.7. The van der Waals surface area contributed by atoms with E-state index < -0.39 is 0 Å². The highest BCUT2D eigenvalue weighted by molar-refractivity contribution is 6.36. The number of rotatable bonds is 8. The number of nitrogens with zero attached hydrogens (tertiary/aromatic N) is 6. The lowest BCUT2D eigenvalue weighted by molar-refractivity contribution is 0.101. The Labute approximate surface area is 281 Å². The van der Waals surface area contributed by atoms with E-state index in [-0.39, 0.29) is 5.91 Å². The Morgan fingerprint density at radius 2 is 1.85 bits per heavy atom. The maximum atomic E-state index is 13.5. The molecule has 0 saturated carbocycles. The van der Waals surface area contributed by atoms with Gasteiger partial charge in [-0.1, -0.05) is 49.7 Å². The fourth-order valence-electron chi connectivity index (χ4n) is 6.97. The first kappa shape index (κ1) is 31.3. The number of fused-ring (bicyclic) bond motifs is 2. The number of amides is 1. The number of anilines is 3. The lowest BCUT2D eigenvalue weighted by Crippen LogP contribution is -2.30. The van der Waals surface area contributed by atoms with Gasteiger partial charge in [-0.25, -0.2) is 9.97 Å². The summed E-state index contributed by atoms with van der Waals surface area (Å²) in [6.45, 7) is 12.4. The van der Waals surface area contributed by atoms with E-state index in [9.17, 15) is 4.79 Å². The summed E-state index contributed by atoms with van der Waals surface area (Å²) in [7, 11) is 1.91. The van der Waals surface area contributed by atoms with E-state index in [1.165, 1.54) is 12.0 Å². The number of aromatic nitrogens is 4. The fraction of sp³-hybridized carbons (Fsp3) is 0.351. The summed E-state index contributed by atoms with van der Waals surface area (Å²) in [5, 5.41) is 8.10. The molecule has 2 aliphatic heterocycles. The van der Waals surface area contributed by atoms with Gasteiger partial charge in [0, 0.05) is 74.4 Å². The number of hydrogen-bond donors (Lipinski definition) is 2. The second-order valence-electron chi connectivity index (χ2n) is 12.9. The second-order valence-corrected chi connectivity index (χ2v) is 13.3. The van der Waals surface area contributed by atoms with Gasteiger partial charge in [0.15, 0.2) is 11.6 Å². The molecule has 3 aromatic heterocycles. The first-order chi connectivity index (χ1) is 22.8. The largest absolute Gasteiger partial charge is 0.338 e. The number of likely N-dealkylation sites (tertiary alicyclic amines) is 1. The highest BCUT2D eigenvalue weighted by atomic mass is 35.5. The first-order valence-corrected chi connectivity index (χ1v) is 16.9. The van der Waals surface area contributed by atoms with Gasteiger partial charge in [0.1, 0.15) is 5.52 Å². The van der Waals surface area contributed by atoms with Gasteiger partial charge in [-0.3, -0.25) is 19.6 Å². The number of halogens is 1. The van der Waals surface area contributed by atoms with Gasteiger partial charge < -0.3 is 15.2 Å². The van der Waals surface area contributed by atoms with E-state index in [1.54, 1.807) is 0 Å². The number of hydrogen-bond acceptors (Lipinski definition) is 7. The van der Waals surface area contributed by atoms with Crippen molar-refractivity contribution in [2.75, 3.05) is 36.8 Å². The molecule has 1 amide bonds. The molecule has 5 aromatic rings. The van der Waals surface area contributed by atoms with Crippen LogP contribution < -0.4 is 10.6 Å². The van der Waals surface area contributed by atoms with Gasteiger partial charge in [0.05, 0.1) is 16.4 Å². The maximum Gasteiger partial charge on any atom is 0.291 e. The van der Waals surface area contributed by atoms with E-state index in [1.807, 2.05) is 66.5 Å². The summed E-state index contributed by atoms with van der Waals surface area (Å²) >= 11 is 7.00. The molecule has 7 rings (SSSR count). The lowest BCUT2D eigenvalue weighted by Gasteiger charge is -2.24. The van der Waals surface area contributed by atoms with Crippen LogP contribution in [0.5, 0.6) is 0 Å². The van der Waals surface area contributed by atoms with E-state index in [0.29, 0.717) is 22.4 Å². The number of pyridine rings is 2. The van der Waals surface area contributed by atoms with Crippen LogP contribution in [0, 0.1) is 12.8 Å². The molecule has 0 spiro atoms. The zero-order valence-corrected chi connectivity index (χ0v) is 28.2. The van der Waals surface area contributed by atoms with Crippen LogP contribution in [0.25, 0.3) is 22.0 Å². The van der Waals surface area contributed by atoms with Crippen LogP contribution in [0.3, 0.4) is 0 Å². The van der Waals surface area contributed by atoms with Crippen molar-refractivity contribution >= 4 is 45.6 Å². The van der Waals surface area contributed by atoms with Crippen LogP contribution >= 0.6 is 11.6 Å². The molecule has 47 heavy (non-hydrogen) atoms. The molecule has 9 nitrogen and oxygen atoms in total. The van der Waals surface area contributed by atoms with Crippen molar-refractivity contribution in [1.29, 1.82) is 0 Å². The molecule has 242 valence electrons. The number of carbonyl (C=O) groups excluding carboxylic acids is 1. The normalized spacial score (nSPS) is 16.8. The van der Waals surface area contributed by atoms with E-state index in [4.69, 9.17) is 21.6 Å². The SMILES string of the molecule is CCN1CCc2c(nc(C(=O)Nc3cccc(-c4cccc(Nc5nccc6cc(CN7CCC(C)C7)cnc56)c4C)c3Cl)n2C)C1. The zero-order valence-electron chi connectivity index (χ0n) is 27.5. The number of carbonyl (C=O) groups is 1. The molecule has 1 atom stereocenters. The monoisotopic (exact) mass is 648 g/mol. The molecule has 2 aliphatic rings. The number of imidazole rings is 1. The topological polar surface area (TPSA) is 91.2 Å². The van der Waals surface area contributed by atoms with Crippen molar-refractivity contribution < 1.29 is 4.79 Å². The molecular formula is C37H41ClN8O. The smallest absolute Gasteiger partial charge is 0.291 e. The summed E-state index contributed by atoms with van der Waals surface area (Å²) in [4.78, 5) is 32.5. The van der Waals surface area contributed by atoms with Crippen molar-refractivity contribution in [3.63, 3.8) is 0 Å². The predicted molar refractivity (Wildman–Crippen MR) is 189 cm³/mol. The van der Waals surface area contributed by atoms with Crippen LogP contribution in [-0.4, -0.2) is 61.4 Å². The second kappa shape index (κ2) is 13.1. The number of nitrogens with one attached hydrogen (secondary N) is 2. The van der Waals surface area contributed by atoms with Gasteiger partial charge in [0.2, 0.25) is 0 Å². The first-order valence-electron chi connectivity index (χ1n) is 16.5. The van der Waals surface area contributed by atoms with E-state index in [2.05, 4.69) is 52.3 Å².